The SMILES string of the molecule is CS(=O)(=O)n1cc(CCNCc2cccc(OCC(F)(F)C(F)F)c2)c2ccc(F)cc21. The number of benzene rings is 2. The van der Waals surface area contributed by atoms with E-state index < -0.39 is 34.8 Å². The van der Waals surface area contributed by atoms with Crippen molar-refractivity contribution in [3.05, 3.63) is 65.6 Å². The van der Waals surface area contributed by atoms with E-state index in [1.54, 1.807) is 12.1 Å². The van der Waals surface area contributed by atoms with E-state index in [1.807, 2.05) is 0 Å². The fourth-order valence-electron chi connectivity index (χ4n) is 3.16. The van der Waals surface area contributed by atoms with Crippen LogP contribution in [-0.4, -0.2) is 44.1 Å². The van der Waals surface area contributed by atoms with Crippen LogP contribution in [0.5, 0.6) is 5.75 Å². The summed E-state index contributed by atoms with van der Waals surface area (Å²) in [7, 11) is -3.61. The highest BCUT2D eigenvalue weighted by Crippen LogP contribution is 2.25. The molecule has 1 N–H and O–H groups in total. The van der Waals surface area contributed by atoms with Gasteiger partial charge in [0.1, 0.15) is 11.6 Å². The third-order valence-electron chi connectivity index (χ3n) is 4.72. The number of fused-ring (bicyclic) bond motifs is 1. The van der Waals surface area contributed by atoms with Crippen LogP contribution in [0.1, 0.15) is 11.1 Å². The summed E-state index contributed by atoms with van der Waals surface area (Å²) in [5.74, 6) is -4.73. The molecule has 0 aliphatic rings. The number of ether oxygens (including phenoxy) is 1. The first-order valence-electron chi connectivity index (χ1n) is 9.56. The summed E-state index contributed by atoms with van der Waals surface area (Å²) < 4.78 is 93.9. The minimum atomic E-state index is -4.23. The smallest absolute Gasteiger partial charge is 0.340 e. The monoisotopic (exact) mass is 476 g/mol. The van der Waals surface area contributed by atoms with Crippen LogP contribution in [0.25, 0.3) is 10.9 Å². The van der Waals surface area contributed by atoms with Gasteiger partial charge in [0.15, 0.2) is 6.61 Å². The molecule has 5 nitrogen and oxygen atoms in total. The molecule has 0 amide bonds. The van der Waals surface area contributed by atoms with E-state index in [9.17, 15) is 30.4 Å². The van der Waals surface area contributed by atoms with Gasteiger partial charge in [-0.25, -0.2) is 25.6 Å². The van der Waals surface area contributed by atoms with Crippen molar-refractivity contribution in [3.63, 3.8) is 0 Å². The Morgan fingerprint density at radius 1 is 1.16 bits per heavy atom. The summed E-state index contributed by atoms with van der Waals surface area (Å²) in [5.41, 5.74) is 1.65. The highest BCUT2D eigenvalue weighted by atomic mass is 32.2. The van der Waals surface area contributed by atoms with Crippen molar-refractivity contribution in [3.8, 4) is 5.75 Å². The first kappa shape index (κ1) is 24.0. The Morgan fingerprint density at radius 2 is 1.91 bits per heavy atom. The van der Waals surface area contributed by atoms with Gasteiger partial charge in [-0.2, -0.15) is 8.78 Å². The Morgan fingerprint density at radius 3 is 2.59 bits per heavy atom. The molecule has 174 valence electrons. The second kappa shape index (κ2) is 9.45. The molecule has 1 heterocycles. The summed E-state index contributed by atoms with van der Waals surface area (Å²) in [6, 6.07) is 10.1. The largest absolute Gasteiger partial charge is 0.487 e. The average Bonchev–Trinajstić information content (AvgIpc) is 3.08. The molecule has 0 radical (unpaired) electrons. The molecule has 3 aromatic rings. The molecule has 1 aromatic heterocycles. The van der Waals surface area contributed by atoms with Crippen molar-refractivity contribution in [1.29, 1.82) is 0 Å². The fraction of sp³-hybridized carbons (Fsp3) is 0.333. The van der Waals surface area contributed by atoms with E-state index in [0.717, 1.165) is 16.3 Å². The quantitative estimate of drug-likeness (QED) is 0.352. The minimum absolute atomic E-state index is 0.0443. The molecule has 2 aromatic carbocycles. The molecule has 0 spiro atoms. The lowest BCUT2D eigenvalue weighted by Crippen LogP contribution is -2.33. The Bertz CT molecular complexity index is 1200. The van der Waals surface area contributed by atoms with Gasteiger partial charge in [-0.15, -0.1) is 0 Å². The lowest BCUT2D eigenvalue weighted by molar-refractivity contribution is -0.148. The van der Waals surface area contributed by atoms with Crippen molar-refractivity contribution in [2.45, 2.75) is 25.3 Å². The van der Waals surface area contributed by atoms with Gasteiger partial charge in [-0.3, -0.25) is 0 Å². The molecule has 3 rings (SSSR count). The average molecular weight is 476 g/mol. The number of aromatic nitrogens is 1. The van der Waals surface area contributed by atoms with Crippen LogP contribution in [0.3, 0.4) is 0 Å². The maximum absolute atomic E-state index is 13.6. The molecule has 32 heavy (non-hydrogen) atoms. The van der Waals surface area contributed by atoms with E-state index >= 15 is 0 Å². The fourth-order valence-corrected chi connectivity index (χ4v) is 3.98. The molecule has 0 saturated heterocycles. The van der Waals surface area contributed by atoms with E-state index in [4.69, 9.17) is 4.74 Å². The molecule has 0 bridgehead atoms. The lowest BCUT2D eigenvalue weighted by Gasteiger charge is -2.16. The van der Waals surface area contributed by atoms with Crippen LogP contribution < -0.4 is 10.1 Å². The Balaban J connectivity index is 1.61. The van der Waals surface area contributed by atoms with Gasteiger partial charge in [0.2, 0.25) is 10.0 Å². The molecular formula is C21H21F5N2O3S. The van der Waals surface area contributed by atoms with Gasteiger partial charge in [0, 0.05) is 18.1 Å². The zero-order valence-electron chi connectivity index (χ0n) is 17.0. The summed E-state index contributed by atoms with van der Waals surface area (Å²) in [5, 5.41) is 3.75. The lowest BCUT2D eigenvalue weighted by atomic mass is 10.1. The summed E-state index contributed by atoms with van der Waals surface area (Å²) >= 11 is 0. The third-order valence-corrected chi connectivity index (χ3v) is 5.74. The van der Waals surface area contributed by atoms with Crippen LogP contribution in [0, 0.1) is 5.82 Å². The first-order valence-corrected chi connectivity index (χ1v) is 11.4. The van der Waals surface area contributed by atoms with Crippen LogP contribution >= 0.6 is 0 Å². The molecule has 0 saturated carbocycles. The van der Waals surface area contributed by atoms with Crippen LogP contribution in [-0.2, 0) is 23.0 Å². The normalized spacial score (nSPS) is 12.6. The van der Waals surface area contributed by atoms with Crippen molar-refractivity contribution < 1.29 is 35.1 Å². The zero-order valence-corrected chi connectivity index (χ0v) is 17.8. The number of nitrogens with zero attached hydrogens (tertiary/aromatic N) is 1. The van der Waals surface area contributed by atoms with Crippen molar-refractivity contribution in [1.82, 2.24) is 9.29 Å². The number of hydrogen-bond acceptors (Lipinski definition) is 4. The third kappa shape index (κ3) is 5.77. The Kier molecular flexibility index (Phi) is 7.09. The number of alkyl halides is 4. The second-order valence-corrected chi connectivity index (χ2v) is 9.16. The molecule has 11 heteroatoms. The van der Waals surface area contributed by atoms with E-state index in [2.05, 4.69) is 5.32 Å². The minimum Gasteiger partial charge on any atom is -0.487 e. The molecule has 0 fully saturated rings. The Labute approximate surface area is 181 Å². The molecular weight excluding hydrogens is 455 g/mol. The predicted molar refractivity (Wildman–Crippen MR) is 110 cm³/mol. The topological polar surface area (TPSA) is 60.3 Å². The van der Waals surface area contributed by atoms with Crippen LogP contribution in [0.4, 0.5) is 22.0 Å². The maximum atomic E-state index is 13.6. The van der Waals surface area contributed by atoms with Gasteiger partial charge in [0.05, 0.1) is 11.8 Å². The summed E-state index contributed by atoms with van der Waals surface area (Å²) in [4.78, 5) is 0. The van der Waals surface area contributed by atoms with Crippen molar-refractivity contribution in [2.75, 3.05) is 19.4 Å². The Hall–Kier alpha value is -2.66. The molecule has 0 unspecified atom stereocenters. The van der Waals surface area contributed by atoms with E-state index in [1.165, 1.54) is 30.5 Å². The standard InChI is InChI=1S/C21H21F5N2O3S/c1-32(29,30)28-12-15(18-6-5-16(22)10-19(18)28)7-8-27-11-14-3-2-4-17(9-14)31-13-21(25,26)20(23)24/h2-6,9-10,12,20,27H,7-8,11,13H2,1H3. The summed E-state index contributed by atoms with van der Waals surface area (Å²) in [6.45, 7) is -0.650. The van der Waals surface area contributed by atoms with Crippen molar-refractivity contribution >= 4 is 20.9 Å². The highest BCUT2D eigenvalue weighted by molar-refractivity contribution is 7.89. The van der Waals surface area contributed by atoms with Gasteiger partial charge in [-0.1, -0.05) is 12.1 Å². The van der Waals surface area contributed by atoms with E-state index in [-0.39, 0.29) is 11.3 Å². The van der Waals surface area contributed by atoms with Crippen LogP contribution in [0.2, 0.25) is 0 Å². The highest BCUT2D eigenvalue weighted by Gasteiger charge is 2.41. The first-order chi connectivity index (χ1) is 15.0. The number of hydrogen-bond donors (Lipinski definition) is 1. The molecule has 0 aliphatic carbocycles. The molecule has 0 atom stereocenters. The predicted octanol–water partition coefficient (Wildman–Crippen LogP) is 4.20. The molecule has 0 aliphatic heterocycles. The number of rotatable bonds is 10. The van der Waals surface area contributed by atoms with Crippen LogP contribution in [0.15, 0.2) is 48.7 Å². The zero-order chi connectivity index (χ0) is 23.5. The number of halogens is 5. The van der Waals surface area contributed by atoms with Gasteiger partial charge >= 0.3 is 12.3 Å². The van der Waals surface area contributed by atoms with E-state index in [0.29, 0.717) is 36.0 Å². The van der Waals surface area contributed by atoms with Crippen molar-refractivity contribution in [2.24, 2.45) is 0 Å². The van der Waals surface area contributed by atoms with Gasteiger partial charge < -0.3 is 10.1 Å². The second-order valence-electron chi connectivity index (χ2n) is 7.30. The van der Waals surface area contributed by atoms with Gasteiger partial charge in [0.25, 0.3) is 0 Å². The maximum Gasteiger partial charge on any atom is 0.340 e. The van der Waals surface area contributed by atoms with Gasteiger partial charge in [-0.05, 0) is 54.4 Å². The number of nitrogens with one attached hydrogen (secondary N) is 1. The summed E-state index contributed by atoms with van der Waals surface area (Å²) in [6.07, 6.45) is -0.872.